The summed E-state index contributed by atoms with van der Waals surface area (Å²) in [4.78, 5) is 8.78. The standard InChI is InChI=1S/C20H23FN6O/c1-3-22-20(24-13-19-25-14-26-27(19)2)23-12-15-4-8-17(9-5-15)28-18-10-6-16(21)7-11-18/h4-11,14H,3,12-13H2,1-2H3,(H2,22,23,24). The summed E-state index contributed by atoms with van der Waals surface area (Å²) in [5.41, 5.74) is 1.04. The average Bonchev–Trinajstić information content (AvgIpc) is 3.12. The van der Waals surface area contributed by atoms with Gasteiger partial charge in [0.25, 0.3) is 0 Å². The van der Waals surface area contributed by atoms with Gasteiger partial charge in [-0.05, 0) is 48.9 Å². The smallest absolute Gasteiger partial charge is 0.191 e. The molecule has 0 fully saturated rings. The highest BCUT2D eigenvalue weighted by molar-refractivity contribution is 5.79. The third-order valence-corrected chi connectivity index (χ3v) is 3.96. The molecule has 0 aliphatic rings. The van der Waals surface area contributed by atoms with E-state index in [1.54, 1.807) is 16.8 Å². The maximum Gasteiger partial charge on any atom is 0.191 e. The van der Waals surface area contributed by atoms with E-state index in [2.05, 4.69) is 25.7 Å². The number of nitrogens with zero attached hydrogens (tertiary/aromatic N) is 4. The fraction of sp³-hybridized carbons (Fsp3) is 0.250. The highest BCUT2D eigenvalue weighted by atomic mass is 19.1. The van der Waals surface area contributed by atoms with Crippen LogP contribution in [0.4, 0.5) is 4.39 Å². The summed E-state index contributed by atoms with van der Waals surface area (Å²) < 4.78 is 20.4. The molecule has 2 N–H and O–H groups in total. The Hall–Kier alpha value is -3.42. The van der Waals surface area contributed by atoms with Crippen molar-refractivity contribution >= 4 is 5.96 Å². The summed E-state index contributed by atoms with van der Waals surface area (Å²) in [5.74, 6) is 2.52. The second-order valence-corrected chi connectivity index (χ2v) is 6.05. The van der Waals surface area contributed by atoms with Crippen molar-refractivity contribution in [3.05, 3.63) is 72.1 Å². The summed E-state index contributed by atoms with van der Waals surface area (Å²) in [6, 6.07) is 13.6. The molecule has 1 aromatic heterocycles. The first-order valence-electron chi connectivity index (χ1n) is 9.01. The van der Waals surface area contributed by atoms with Gasteiger partial charge in [-0.1, -0.05) is 12.1 Å². The number of hydrogen-bond donors (Lipinski definition) is 2. The zero-order valence-corrected chi connectivity index (χ0v) is 15.9. The van der Waals surface area contributed by atoms with Crippen LogP contribution < -0.4 is 15.4 Å². The maximum absolute atomic E-state index is 13.0. The fourth-order valence-electron chi connectivity index (χ4n) is 2.46. The average molecular weight is 382 g/mol. The first kappa shape index (κ1) is 19.3. The van der Waals surface area contributed by atoms with Gasteiger partial charge in [0.1, 0.15) is 29.5 Å². The molecule has 7 nitrogen and oxygen atoms in total. The third-order valence-electron chi connectivity index (χ3n) is 3.96. The second kappa shape index (κ2) is 9.50. The van der Waals surface area contributed by atoms with E-state index in [0.717, 1.165) is 17.9 Å². The van der Waals surface area contributed by atoms with E-state index >= 15 is 0 Å². The van der Waals surface area contributed by atoms with Crippen LogP contribution in [0.2, 0.25) is 0 Å². The van der Waals surface area contributed by atoms with E-state index < -0.39 is 0 Å². The van der Waals surface area contributed by atoms with Crippen molar-refractivity contribution in [3.63, 3.8) is 0 Å². The maximum atomic E-state index is 13.0. The molecule has 0 amide bonds. The summed E-state index contributed by atoms with van der Waals surface area (Å²) in [6.45, 7) is 3.83. The van der Waals surface area contributed by atoms with Crippen LogP contribution in [0.15, 0.2) is 59.9 Å². The predicted molar refractivity (Wildman–Crippen MR) is 106 cm³/mol. The molecule has 0 spiro atoms. The zero-order valence-electron chi connectivity index (χ0n) is 15.9. The highest BCUT2D eigenvalue weighted by Crippen LogP contribution is 2.22. The lowest BCUT2D eigenvalue weighted by atomic mass is 10.2. The van der Waals surface area contributed by atoms with E-state index in [1.165, 1.54) is 18.5 Å². The van der Waals surface area contributed by atoms with Crippen molar-refractivity contribution < 1.29 is 9.13 Å². The number of guanidine groups is 1. The van der Waals surface area contributed by atoms with Gasteiger partial charge in [-0.25, -0.2) is 14.4 Å². The van der Waals surface area contributed by atoms with Crippen molar-refractivity contribution in [2.75, 3.05) is 6.54 Å². The Morgan fingerprint density at radius 3 is 2.36 bits per heavy atom. The van der Waals surface area contributed by atoms with Crippen molar-refractivity contribution in [2.45, 2.75) is 20.0 Å². The number of rotatable bonds is 7. The summed E-state index contributed by atoms with van der Waals surface area (Å²) in [7, 11) is 1.85. The van der Waals surface area contributed by atoms with Gasteiger partial charge < -0.3 is 15.4 Å². The Morgan fingerprint density at radius 2 is 1.75 bits per heavy atom. The molecule has 0 saturated heterocycles. The zero-order chi connectivity index (χ0) is 19.8. The van der Waals surface area contributed by atoms with Gasteiger partial charge in [-0.15, -0.1) is 0 Å². The van der Waals surface area contributed by atoms with Gasteiger partial charge in [0, 0.05) is 13.6 Å². The molecule has 0 unspecified atom stereocenters. The van der Waals surface area contributed by atoms with E-state index in [-0.39, 0.29) is 5.82 Å². The first-order chi connectivity index (χ1) is 13.6. The van der Waals surface area contributed by atoms with Gasteiger partial charge in [-0.2, -0.15) is 5.10 Å². The van der Waals surface area contributed by atoms with E-state index in [1.807, 2.05) is 38.2 Å². The molecule has 0 aliphatic heterocycles. The third kappa shape index (κ3) is 5.54. The van der Waals surface area contributed by atoms with Crippen LogP contribution in [0.5, 0.6) is 11.5 Å². The molecule has 0 atom stereocenters. The normalized spacial score (nSPS) is 11.3. The molecule has 0 bridgehead atoms. The summed E-state index contributed by atoms with van der Waals surface area (Å²) in [5, 5.41) is 10.5. The van der Waals surface area contributed by atoms with Crippen molar-refractivity contribution in [2.24, 2.45) is 12.0 Å². The minimum absolute atomic E-state index is 0.287. The molecule has 2 aromatic carbocycles. The summed E-state index contributed by atoms with van der Waals surface area (Å²) in [6.07, 6.45) is 1.52. The molecule has 1 heterocycles. The Kier molecular flexibility index (Phi) is 6.56. The minimum Gasteiger partial charge on any atom is -0.457 e. The van der Waals surface area contributed by atoms with E-state index in [0.29, 0.717) is 30.5 Å². The number of aromatic nitrogens is 3. The van der Waals surface area contributed by atoms with Gasteiger partial charge in [0.2, 0.25) is 0 Å². The molecule has 28 heavy (non-hydrogen) atoms. The minimum atomic E-state index is -0.287. The predicted octanol–water partition coefficient (Wildman–Crippen LogP) is 3.00. The topological polar surface area (TPSA) is 76.4 Å². The molecule has 0 radical (unpaired) electrons. The van der Waals surface area contributed by atoms with Gasteiger partial charge >= 0.3 is 0 Å². The van der Waals surface area contributed by atoms with Crippen LogP contribution in [0.25, 0.3) is 0 Å². The number of aliphatic imine (C=N–C) groups is 1. The summed E-state index contributed by atoms with van der Waals surface area (Å²) >= 11 is 0. The monoisotopic (exact) mass is 382 g/mol. The van der Waals surface area contributed by atoms with E-state index in [4.69, 9.17) is 4.74 Å². The SMILES string of the molecule is CCNC(=NCc1ccc(Oc2ccc(F)cc2)cc1)NCc1ncnn1C. The number of aryl methyl sites for hydroxylation is 1. The van der Waals surface area contributed by atoms with Crippen molar-refractivity contribution in [3.8, 4) is 11.5 Å². The Bertz CT molecular complexity index is 905. The second-order valence-electron chi connectivity index (χ2n) is 6.05. The number of halogens is 1. The molecule has 146 valence electrons. The Morgan fingerprint density at radius 1 is 1.07 bits per heavy atom. The molecule has 0 saturated carbocycles. The Balaban J connectivity index is 1.57. The van der Waals surface area contributed by atoms with Crippen LogP contribution in [-0.4, -0.2) is 27.3 Å². The molecular weight excluding hydrogens is 359 g/mol. The first-order valence-corrected chi connectivity index (χ1v) is 9.01. The van der Waals surface area contributed by atoms with Crippen LogP contribution in [0.3, 0.4) is 0 Å². The molecular formula is C20H23FN6O. The Labute approximate surface area is 163 Å². The number of hydrogen-bond acceptors (Lipinski definition) is 4. The molecule has 0 aliphatic carbocycles. The van der Waals surface area contributed by atoms with Crippen molar-refractivity contribution in [1.29, 1.82) is 0 Å². The molecule has 3 rings (SSSR count). The largest absolute Gasteiger partial charge is 0.457 e. The lowest BCUT2D eigenvalue weighted by Gasteiger charge is -2.11. The van der Waals surface area contributed by atoms with Crippen LogP contribution in [0, 0.1) is 5.82 Å². The van der Waals surface area contributed by atoms with Gasteiger partial charge in [0.05, 0.1) is 13.1 Å². The molecule has 3 aromatic rings. The number of benzene rings is 2. The number of ether oxygens (including phenoxy) is 1. The van der Waals surface area contributed by atoms with Crippen LogP contribution in [0.1, 0.15) is 18.3 Å². The van der Waals surface area contributed by atoms with Crippen LogP contribution >= 0.6 is 0 Å². The lowest BCUT2D eigenvalue weighted by Crippen LogP contribution is -2.37. The van der Waals surface area contributed by atoms with E-state index in [9.17, 15) is 4.39 Å². The van der Waals surface area contributed by atoms with Crippen molar-refractivity contribution in [1.82, 2.24) is 25.4 Å². The molecule has 8 heteroatoms. The van der Waals surface area contributed by atoms with Gasteiger partial charge in [0.15, 0.2) is 5.96 Å². The quantitative estimate of drug-likeness (QED) is 0.485. The fourth-order valence-corrected chi connectivity index (χ4v) is 2.46. The lowest BCUT2D eigenvalue weighted by molar-refractivity contribution is 0.480. The van der Waals surface area contributed by atoms with Crippen LogP contribution in [-0.2, 0) is 20.1 Å². The highest BCUT2D eigenvalue weighted by Gasteiger charge is 2.03. The van der Waals surface area contributed by atoms with Gasteiger partial charge in [-0.3, -0.25) is 4.68 Å². The number of nitrogens with one attached hydrogen (secondary N) is 2.